The zero-order valence-corrected chi connectivity index (χ0v) is 18.5. The van der Waals surface area contributed by atoms with Crippen molar-refractivity contribution < 1.29 is 0 Å². The average Bonchev–Trinajstić information content (AvgIpc) is 2.82. The van der Waals surface area contributed by atoms with Crippen LogP contribution >= 0.6 is 0 Å². The molecule has 3 aromatic rings. The minimum Gasteiger partial charge on any atom is -0.370 e. The molecule has 160 valence electrons. The van der Waals surface area contributed by atoms with Gasteiger partial charge in [-0.1, -0.05) is 55.6 Å². The highest BCUT2D eigenvalue weighted by Crippen LogP contribution is 2.23. The van der Waals surface area contributed by atoms with Gasteiger partial charge in [0.25, 0.3) is 0 Å². The second kappa shape index (κ2) is 9.80. The molecule has 4 rings (SSSR count). The molecule has 4 nitrogen and oxygen atoms in total. The minimum atomic E-state index is 0.233. The molecular formula is C27H32N4. The third-order valence-electron chi connectivity index (χ3n) is 6.20. The predicted octanol–water partition coefficient (Wildman–Crippen LogP) is 4.90. The molecule has 1 fully saturated rings. The Hall–Kier alpha value is -3.11. The van der Waals surface area contributed by atoms with Gasteiger partial charge in [-0.3, -0.25) is 9.88 Å². The van der Waals surface area contributed by atoms with E-state index < -0.39 is 0 Å². The van der Waals surface area contributed by atoms with Crippen LogP contribution in [0.2, 0.25) is 0 Å². The van der Waals surface area contributed by atoms with Gasteiger partial charge in [0, 0.05) is 56.5 Å². The van der Waals surface area contributed by atoms with Gasteiger partial charge >= 0.3 is 0 Å². The summed E-state index contributed by atoms with van der Waals surface area (Å²) < 4.78 is 0. The molecule has 0 saturated carbocycles. The molecule has 0 bridgehead atoms. The quantitative estimate of drug-likeness (QED) is 0.525. The number of benzene rings is 2. The molecule has 1 saturated heterocycles. The molecule has 1 atom stereocenters. The van der Waals surface area contributed by atoms with E-state index in [0.29, 0.717) is 0 Å². The van der Waals surface area contributed by atoms with Crippen molar-refractivity contribution >= 4 is 10.9 Å². The molecule has 1 unspecified atom stereocenters. The Kier molecular flexibility index (Phi) is 6.68. The van der Waals surface area contributed by atoms with Gasteiger partial charge in [0.2, 0.25) is 0 Å². The number of likely N-dealkylation sites (N-methyl/N-ethyl adjacent to an activating group) is 1. The lowest BCUT2D eigenvalue weighted by Crippen LogP contribution is -2.53. The molecule has 2 heterocycles. The predicted molar refractivity (Wildman–Crippen MR) is 129 cm³/mol. The number of fused-ring (bicyclic) bond motifs is 1. The Morgan fingerprint density at radius 1 is 1.10 bits per heavy atom. The maximum atomic E-state index is 4.53. The van der Waals surface area contributed by atoms with E-state index in [1.807, 2.05) is 18.5 Å². The minimum absolute atomic E-state index is 0.233. The Morgan fingerprint density at radius 3 is 2.71 bits per heavy atom. The third-order valence-corrected chi connectivity index (χ3v) is 6.20. The van der Waals surface area contributed by atoms with E-state index in [-0.39, 0.29) is 6.04 Å². The maximum absolute atomic E-state index is 4.53. The summed E-state index contributed by atoms with van der Waals surface area (Å²) in [6.45, 7) is 16.5. The molecule has 1 aromatic heterocycles. The molecular weight excluding hydrogens is 380 g/mol. The molecule has 31 heavy (non-hydrogen) atoms. The van der Waals surface area contributed by atoms with Crippen molar-refractivity contribution in [3.63, 3.8) is 0 Å². The number of pyridine rings is 1. The van der Waals surface area contributed by atoms with E-state index in [4.69, 9.17) is 0 Å². The summed E-state index contributed by atoms with van der Waals surface area (Å²) in [5.41, 5.74) is 4.86. The van der Waals surface area contributed by atoms with Gasteiger partial charge in [-0.05, 0) is 42.4 Å². The van der Waals surface area contributed by atoms with Crippen molar-refractivity contribution in [2.75, 3.05) is 26.2 Å². The van der Waals surface area contributed by atoms with E-state index >= 15 is 0 Å². The van der Waals surface area contributed by atoms with Crippen LogP contribution in [-0.2, 0) is 13.1 Å². The van der Waals surface area contributed by atoms with Crippen molar-refractivity contribution in [1.29, 1.82) is 0 Å². The summed E-state index contributed by atoms with van der Waals surface area (Å²) in [6.07, 6.45) is 3.83. The van der Waals surface area contributed by atoms with Crippen LogP contribution in [0, 0.1) is 0 Å². The van der Waals surface area contributed by atoms with Gasteiger partial charge in [0.15, 0.2) is 0 Å². The topological polar surface area (TPSA) is 22.6 Å². The molecule has 0 aliphatic carbocycles. The highest BCUT2D eigenvalue weighted by atomic mass is 15.3. The maximum Gasteiger partial charge on any atom is 0.0806 e. The zero-order valence-electron chi connectivity index (χ0n) is 18.5. The largest absolute Gasteiger partial charge is 0.370 e. The van der Waals surface area contributed by atoms with E-state index in [1.165, 1.54) is 22.2 Å². The molecule has 0 amide bonds. The van der Waals surface area contributed by atoms with Crippen molar-refractivity contribution in [2.24, 2.45) is 0 Å². The monoisotopic (exact) mass is 412 g/mol. The Labute approximate surface area is 186 Å². The van der Waals surface area contributed by atoms with Gasteiger partial charge in [-0.25, -0.2) is 0 Å². The number of nitrogens with zero attached hydrogens (tertiary/aromatic N) is 4. The second-order valence-electron chi connectivity index (χ2n) is 8.19. The first kappa shape index (κ1) is 21.1. The number of aromatic nitrogens is 1. The Morgan fingerprint density at radius 2 is 1.94 bits per heavy atom. The fraction of sp³-hybridized carbons (Fsp3) is 0.296. The van der Waals surface area contributed by atoms with Crippen molar-refractivity contribution in [1.82, 2.24) is 19.7 Å². The third kappa shape index (κ3) is 4.97. The van der Waals surface area contributed by atoms with Crippen LogP contribution in [0.1, 0.15) is 18.1 Å². The summed E-state index contributed by atoms with van der Waals surface area (Å²) in [5.74, 6) is 0. The standard InChI is InChI=1S/C27H32N4/c1-4-30-17-16-29(19-24-13-14-26-25(18-24)12-9-15-28-26)21-27(30)22(3)31(5-2)20-23-10-7-6-8-11-23/h4,6-15,18,27H,1,3,5,16-17,19-21H2,2H3. The van der Waals surface area contributed by atoms with Crippen LogP contribution in [0.3, 0.4) is 0 Å². The van der Waals surface area contributed by atoms with Crippen LogP contribution in [0.15, 0.2) is 91.9 Å². The molecule has 1 aliphatic heterocycles. The van der Waals surface area contributed by atoms with Crippen LogP contribution in [0.5, 0.6) is 0 Å². The summed E-state index contributed by atoms with van der Waals surface area (Å²) in [7, 11) is 0. The summed E-state index contributed by atoms with van der Waals surface area (Å²) in [6, 6.07) is 21.6. The smallest absolute Gasteiger partial charge is 0.0806 e. The summed E-state index contributed by atoms with van der Waals surface area (Å²) >= 11 is 0. The molecule has 0 N–H and O–H groups in total. The van der Waals surface area contributed by atoms with Crippen molar-refractivity contribution in [3.8, 4) is 0 Å². The lowest BCUT2D eigenvalue weighted by molar-refractivity contribution is 0.105. The van der Waals surface area contributed by atoms with Crippen molar-refractivity contribution in [3.05, 3.63) is 103 Å². The summed E-state index contributed by atoms with van der Waals surface area (Å²) in [5, 5.41) is 1.20. The molecule has 0 spiro atoms. The van der Waals surface area contributed by atoms with E-state index in [0.717, 1.165) is 44.8 Å². The lowest BCUT2D eigenvalue weighted by atomic mass is 10.1. The van der Waals surface area contributed by atoms with Gasteiger partial charge in [0.05, 0.1) is 11.6 Å². The Bertz CT molecular complexity index is 1030. The van der Waals surface area contributed by atoms with Gasteiger partial charge in [-0.2, -0.15) is 0 Å². The normalized spacial score (nSPS) is 16.9. The highest BCUT2D eigenvalue weighted by molar-refractivity contribution is 5.78. The molecule has 0 radical (unpaired) electrons. The van der Waals surface area contributed by atoms with E-state index in [2.05, 4.69) is 94.4 Å². The first-order valence-corrected chi connectivity index (χ1v) is 11.1. The lowest BCUT2D eigenvalue weighted by Gasteiger charge is -2.44. The summed E-state index contributed by atoms with van der Waals surface area (Å²) in [4.78, 5) is 11.7. The second-order valence-corrected chi connectivity index (χ2v) is 8.19. The molecule has 4 heteroatoms. The Balaban J connectivity index is 1.47. The van der Waals surface area contributed by atoms with Crippen LogP contribution in [0.4, 0.5) is 0 Å². The highest BCUT2D eigenvalue weighted by Gasteiger charge is 2.29. The van der Waals surface area contributed by atoms with Crippen LogP contribution < -0.4 is 0 Å². The first-order valence-electron chi connectivity index (χ1n) is 11.1. The SMILES string of the molecule is C=CN1CCN(Cc2ccc3ncccc3c2)CC1C(=C)N(CC)Cc1ccccc1. The van der Waals surface area contributed by atoms with Crippen LogP contribution in [0.25, 0.3) is 10.9 Å². The number of rotatable bonds is 8. The molecule has 2 aromatic carbocycles. The number of hydrogen-bond acceptors (Lipinski definition) is 4. The fourth-order valence-electron chi connectivity index (χ4n) is 4.43. The molecule has 1 aliphatic rings. The van der Waals surface area contributed by atoms with E-state index in [9.17, 15) is 0 Å². The van der Waals surface area contributed by atoms with Crippen LogP contribution in [-0.4, -0.2) is 51.9 Å². The zero-order chi connectivity index (χ0) is 21.6. The average molecular weight is 413 g/mol. The number of hydrogen-bond donors (Lipinski definition) is 0. The van der Waals surface area contributed by atoms with Crippen molar-refractivity contribution in [2.45, 2.75) is 26.1 Å². The fourth-order valence-corrected chi connectivity index (χ4v) is 4.43. The van der Waals surface area contributed by atoms with Gasteiger partial charge in [0.1, 0.15) is 0 Å². The van der Waals surface area contributed by atoms with Gasteiger partial charge in [-0.15, -0.1) is 0 Å². The number of piperazine rings is 1. The van der Waals surface area contributed by atoms with E-state index in [1.54, 1.807) is 0 Å². The van der Waals surface area contributed by atoms with Gasteiger partial charge < -0.3 is 9.80 Å². The first-order chi connectivity index (χ1) is 15.2.